The lowest BCUT2D eigenvalue weighted by atomic mass is 9.81. The van der Waals surface area contributed by atoms with Gasteiger partial charge in [-0.15, -0.1) is 12.4 Å². The Bertz CT molecular complexity index is 768. The SMILES string of the molecule is CC1(CNS(=O)(=O)c2cccc3ncccc23)CCNCC1.Cl. The van der Waals surface area contributed by atoms with Crippen molar-refractivity contribution in [3.8, 4) is 0 Å². The molecule has 1 aromatic heterocycles. The third-order valence-corrected chi connectivity index (χ3v) is 5.85. The van der Waals surface area contributed by atoms with Gasteiger partial charge in [-0.25, -0.2) is 13.1 Å². The van der Waals surface area contributed by atoms with E-state index in [-0.39, 0.29) is 17.8 Å². The maximum atomic E-state index is 12.7. The van der Waals surface area contributed by atoms with Crippen molar-refractivity contribution >= 4 is 33.3 Å². The van der Waals surface area contributed by atoms with Crippen LogP contribution in [-0.2, 0) is 10.0 Å². The standard InChI is InChI=1S/C16H21N3O2S.ClH/c1-16(7-10-17-11-8-16)12-19-22(20,21)15-6-2-5-14-13(15)4-3-9-18-14;/h2-6,9,17,19H,7-8,10-12H2,1H3;1H. The lowest BCUT2D eigenvalue weighted by Gasteiger charge is -2.34. The van der Waals surface area contributed by atoms with E-state index in [2.05, 4.69) is 21.9 Å². The number of piperidine rings is 1. The molecule has 3 rings (SSSR count). The zero-order valence-corrected chi connectivity index (χ0v) is 14.7. The molecule has 0 aliphatic carbocycles. The van der Waals surface area contributed by atoms with Crippen molar-refractivity contribution in [2.45, 2.75) is 24.7 Å². The first-order valence-corrected chi connectivity index (χ1v) is 9.03. The monoisotopic (exact) mass is 355 g/mol. The molecule has 0 saturated carbocycles. The second-order valence-electron chi connectivity index (χ2n) is 6.21. The van der Waals surface area contributed by atoms with Crippen LogP contribution >= 0.6 is 12.4 Å². The zero-order valence-electron chi connectivity index (χ0n) is 13.1. The number of rotatable bonds is 4. The number of nitrogens with zero attached hydrogens (tertiary/aromatic N) is 1. The molecule has 0 atom stereocenters. The molecule has 1 aliphatic heterocycles. The van der Waals surface area contributed by atoms with Crippen molar-refractivity contribution in [3.05, 3.63) is 36.5 Å². The third-order valence-electron chi connectivity index (χ3n) is 4.39. The Labute approximate surface area is 143 Å². The fourth-order valence-electron chi connectivity index (χ4n) is 2.86. The number of fused-ring (bicyclic) bond motifs is 1. The van der Waals surface area contributed by atoms with E-state index in [1.807, 2.05) is 6.07 Å². The number of sulfonamides is 1. The predicted molar refractivity (Wildman–Crippen MR) is 94.4 cm³/mol. The van der Waals surface area contributed by atoms with Crippen molar-refractivity contribution in [2.24, 2.45) is 5.41 Å². The molecule has 0 bridgehead atoms. The van der Waals surface area contributed by atoms with Crippen LogP contribution in [0, 0.1) is 5.41 Å². The largest absolute Gasteiger partial charge is 0.317 e. The summed E-state index contributed by atoms with van der Waals surface area (Å²) in [6.45, 7) is 4.49. The van der Waals surface area contributed by atoms with Gasteiger partial charge in [0.2, 0.25) is 10.0 Å². The van der Waals surface area contributed by atoms with Gasteiger partial charge in [-0.1, -0.05) is 13.0 Å². The first-order chi connectivity index (χ1) is 10.5. The van der Waals surface area contributed by atoms with E-state index < -0.39 is 10.0 Å². The van der Waals surface area contributed by atoms with Crippen LogP contribution in [-0.4, -0.2) is 33.0 Å². The number of hydrogen-bond donors (Lipinski definition) is 2. The van der Waals surface area contributed by atoms with Crippen molar-refractivity contribution in [3.63, 3.8) is 0 Å². The smallest absolute Gasteiger partial charge is 0.241 e. The maximum absolute atomic E-state index is 12.7. The van der Waals surface area contributed by atoms with E-state index in [1.54, 1.807) is 30.5 Å². The third kappa shape index (κ3) is 4.01. The van der Waals surface area contributed by atoms with Gasteiger partial charge in [0, 0.05) is 18.1 Å². The van der Waals surface area contributed by atoms with Crippen LogP contribution in [0.3, 0.4) is 0 Å². The molecule has 126 valence electrons. The van der Waals surface area contributed by atoms with Crippen LogP contribution in [0.15, 0.2) is 41.4 Å². The topological polar surface area (TPSA) is 71.1 Å². The number of pyridine rings is 1. The molecule has 1 aromatic carbocycles. The molecule has 7 heteroatoms. The van der Waals surface area contributed by atoms with Crippen LogP contribution in [0.4, 0.5) is 0 Å². The summed E-state index contributed by atoms with van der Waals surface area (Å²) < 4.78 is 28.1. The van der Waals surface area contributed by atoms with Gasteiger partial charge in [-0.3, -0.25) is 4.98 Å². The summed E-state index contributed by atoms with van der Waals surface area (Å²) >= 11 is 0. The summed E-state index contributed by atoms with van der Waals surface area (Å²) in [5.74, 6) is 0. The van der Waals surface area contributed by atoms with Crippen LogP contribution in [0.1, 0.15) is 19.8 Å². The Morgan fingerprint density at radius 3 is 2.70 bits per heavy atom. The fourth-order valence-corrected chi connectivity index (χ4v) is 4.28. The van der Waals surface area contributed by atoms with Crippen LogP contribution in [0.2, 0.25) is 0 Å². The molecule has 2 N–H and O–H groups in total. The Balaban J connectivity index is 0.00000192. The highest BCUT2D eigenvalue weighted by molar-refractivity contribution is 7.89. The molecule has 2 aromatic rings. The van der Waals surface area contributed by atoms with Gasteiger partial charge in [0.05, 0.1) is 10.4 Å². The minimum atomic E-state index is -3.53. The molecule has 23 heavy (non-hydrogen) atoms. The van der Waals surface area contributed by atoms with Gasteiger partial charge in [0.15, 0.2) is 0 Å². The average molecular weight is 356 g/mol. The Morgan fingerprint density at radius 2 is 1.96 bits per heavy atom. The van der Waals surface area contributed by atoms with Crippen molar-refractivity contribution in [1.82, 2.24) is 15.0 Å². The molecule has 5 nitrogen and oxygen atoms in total. The predicted octanol–water partition coefficient (Wildman–Crippen LogP) is 2.32. The normalized spacial score (nSPS) is 17.6. The van der Waals surface area contributed by atoms with E-state index in [9.17, 15) is 8.42 Å². The van der Waals surface area contributed by atoms with E-state index in [1.165, 1.54) is 0 Å². The minimum absolute atomic E-state index is 0. The van der Waals surface area contributed by atoms with Gasteiger partial charge >= 0.3 is 0 Å². The first-order valence-electron chi connectivity index (χ1n) is 7.54. The van der Waals surface area contributed by atoms with Gasteiger partial charge in [-0.05, 0) is 55.6 Å². The van der Waals surface area contributed by atoms with E-state index in [0.717, 1.165) is 25.9 Å². The van der Waals surface area contributed by atoms with Gasteiger partial charge in [-0.2, -0.15) is 0 Å². The van der Waals surface area contributed by atoms with Gasteiger partial charge < -0.3 is 5.32 Å². The molecule has 1 fully saturated rings. The molecular formula is C16H22ClN3O2S. The first kappa shape index (κ1) is 18.1. The molecule has 2 heterocycles. The zero-order chi connectivity index (χ0) is 15.6. The van der Waals surface area contributed by atoms with Crippen LogP contribution in [0.25, 0.3) is 10.9 Å². The number of hydrogen-bond acceptors (Lipinski definition) is 4. The van der Waals surface area contributed by atoms with Crippen molar-refractivity contribution < 1.29 is 8.42 Å². The number of halogens is 1. The summed E-state index contributed by atoms with van der Waals surface area (Å²) in [5, 5.41) is 3.97. The lowest BCUT2D eigenvalue weighted by Crippen LogP contribution is -2.42. The molecular weight excluding hydrogens is 334 g/mol. The molecule has 0 radical (unpaired) electrons. The highest BCUT2D eigenvalue weighted by Gasteiger charge is 2.29. The second-order valence-corrected chi connectivity index (χ2v) is 7.95. The highest BCUT2D eigenvalue weighted by Crippen LogP contribution is 2.28. The Kier molecular flexibility index (Phi) is 5.62. The lowest BCUT2D eigenvalue weighted by molar-refractivity contribution is 0.232. The number of aromatic nitrogens is 1. The number of benzene rings is 1. The summed E-state index contributed by atoms with van der Waals surface area (Å²) in [5.41, 5.74) is 0.708. The van der Waals surface area contributed by atoms with Crippen LogP contribution < -0.4 is 10.0 Å². The number of nitrogens with one attached hydrogen (secondary N) is 2. The molecule has 0 spiro atoms. The Morgan fingerprint density at radius 1 is 1.22 bits per heavy atom. The summed E-state index contributed by atoms with van der Waals surface area (Å²) in [7, 11) is -3.53. The van der Waals surface area contributed by atoms with Gasteiger partial charge in [0.1, 0.15) is 0 Å². The summed E-state index contributed by atoms with van der Waals surface area (Å²) in [6, 6.07) is 8.74. The highest BCUT2D eigenvalue weighted by atomic mass is 35.5. The minimum Gasteiger partial charge on any atom is -0.317 e. The van der Waals surface area contributed by atoms with Crippen molar-refractivity contribution in [2.75, 3.05) is 19.6 Å². The average Bonchev–Trinajstić information content (AvgIpc) is 2.53. The van der Waals surface area contributed by atoms with E-state index in [4.69, 9.17) is 0 Å². The molecule has 1 aliphatic rings. The molecule has 0 unspecified atom stereocenters. The van der Waals surface area contributed by atoms with Crippen molar-refractivity contribution in [1.29, 1.82) is 0 Å². The molecule has 1 saturated heterocycles. The summed E-state index contributed by atoms with van der Waals surface area (Å²) in [6.07, 6.45) is 3.63. The Hall–Kier alpha value is -1.21. The second kappa shape index (κ2) is 7.13. The van der Waals surface area contributed by atoms with Crippen LogP contribution in [0.5, 0.6) is 0 Å². The fraction of sp³-hybridized carbons (Fsp3) is 0.438. The van der Waals surface area contributed by atoms with E-state index >= 15 is 0 Å². The molecule has 0 amide bonds. The maximum Gasteiger partial charge on any atom is 0.241 e. The quantitative estimate of drug-likeness (QED) is 0.883. The van der Waals surface area contributed by atoms with E-state index in [0.29, 0.717) is 22.3 Å². The summed E-state index contributed by atoms with van der Waals surface area (Å²) in [4.78, 5) is 4.52. The van der Waals surface area contributed by atoms with Gasteiger partial charge in [0.25, 0.3) is 0 Å².